The summed E-state index contributed by atoms with van der Waals surface area (Å²) in [6, 6.07) is 57.6. The van der Waals surface area contributed by atoms with Crippen LogP contribution in [0.3, 0.4) is 0 Å². The smallest absolute Gasteiger partial charge is 0.164 e. The molecule has 46 heavy (non-hydrogen) atoms. The molecule has 3 heteroatoms. The predicted molar refractivity (Wildman–Crippen MR) is 189 cm³/mol. The Labute approximate surface area is 267 Å². The monoisotopic (exact) mass is 585 g/mol. The van der Waals surface area contributed by atoms with E-state index in [0.29, 0.717) is 17.5 Å². The van der Waals surface area contributed by atoms with Crippen molar-refractivity contribution in [3.05, 3.63) is 164 Å². The van der Waals surface area contributed by atoms with E-state index in [1.165, 1.54) is 49.7 Å². The fourth-order valence-corrected chi connectivity index (χ4v) is 6.61. The Bertz CT molecular complexity index is 2340. The van der Waals surface area contributed by atoms with Gasteiger partial charge in [0.25, 0.3) is 0 Å². The van der Waals surface area contributed by atoms with Gasteiger partial charge >= 0.3 is 0 Å². The van der Waals surface area contributed by atoms with Crippen LogP contribution in [0, 0.1) is 0 Å². The maximum Gasteiger partial charge on any atom is 0.164 e. The van der Waals surface area contributed by atoms with Gasteiger partial charge in [0.2, 0.25) is 0 Å². The summed E-state index contributed by atoms with van der Waals surface area (Å²) in [6.07, 6.45) is 0. The highest BCUT2D eigenvalue weighted by Gasteiger charge is 2.21. The van der Waals surface area contributed by atoms with E-state index in [9.17, 15) is 0 Å². The van der Waals surface area contributed by atoms with E-state index in [-0.39, 0.29) is 0 Å². The van der Waals surface area contributed by atoms with Crippen molar-refractivity contribution in [2.75, 3.05) is 0 Å². The first-order valence-corrected chi connectivity index (χ1v) is 15.5. The standard InChI is InChI=1S/C43H27N3/c1-3-11-29(12-4-1)41-44-42(30-13-5-2-6-14-30)46-43(45-41)31-23-21-28(22-24-31)32-15-9-16-33(25-32)35-26-34-17-10-20-38-36-18-7-8-19-37(36)39(27-35)40(34)38/h1-27H. The highest BCUT2D eigenvalue weighted by molar-refractivity contribution is 6.16. The van der Waals surface area contributed by atoms with Gasteiger partial charge in [-0.15, -0.1) is 0 Å². The molecular weight excluding hydrogens is 558 g/mol. The number of aromatic nitrogens is 3. The topological polar surface area (TPSA) is 38.7 Å². The van der Waals surface area contributed by atoms with E-state index < -0.39 is 0 Å². The molecule has 0 fully saturated rings. The molecule has 0 atom stereocenters. The van der Waals surface area contributed by atoms with Gasteiger partial charge in [-0.1, -0.05) is 146 Å². The Morgan fingerprint density at radius 2 is 0.717 bits per heavy atom. The average Bonchev–Trinajstić information content (AvgIpc) is 3.47. The summed E-state index contributed by atoms with van der Waals surface area (Å²) in [5.74, 6) is 1.98. The molecular formula is C43H27N3. The Kier molecular flexibility index (Phi) is 6.14. The third-order valence-corrected chi connectivity index (χ3v) is 8.86. The van der Waals surface area contributed by atoms with Crippen molar-refractivity contribution >= 4 is 10.8 Å². The second-order valence-electron chi connectivity index (χ2n) is 11.7. The predicted octanol–water partition coefficient (Wildman–Crippen LogP) is 11.0. The maximum atomic E-state index is 4.89. The first-order valence-electron chi connectivity index (χ1n) is 15.5. The lowest BCUT2D eigenvalue weighted by molar-refractivity contribution is 1.07. The minimum atomic E-state index is 0.655. The molecule has 3 nitrogen and oxygen atoms in total. The summed E-state index contributed by atoms with van der Waals surface area (Å²) >= 11 is 0. The van der Waals surface area contributed by atoms with Crippen molar-refractivity contribution in [3.63, 3.8) is 0 Å². The molecule has 8 aromatic rings. The van der Waals surface area contributed by atoms with Crippen LogP contribution in [-0.4, -0.2) is 15.0 Å². The lowest BCUT2D eigenvalue weighted by atomic mass is 9.94. The molecule has 0 radical (unpaired) electrons. The van der Waals surface area contributed by atoms with Crippen molar-refractivity contribution < 1.29 is 0 Å². The molecule has 0 saturated heterocycles. The van der Waals surface area contributed by atoms with E-state index in [2.05, 4.69) is 103 Å². The number of nitrogens with zero attached hydrogens (tertiary/aromatic N) is 3. The van der Waals surface area contributed by atoms with Crippen LogP contribution in [0.15, 0.2) is 164 Å². The van der Waals surface area contributed by atoms with Gasteiger partial charge in [0.15, 0.2) is 17.5 Å². The van der Waals surface area contributed by atoms with Crippen LogP contribution >= 0.6 is 0 Å². The molecule has 1 aliphatic carbocycles. The molecule has 0 saturated carbocycles. The number of fused-ring (bicyclic) bond motifs is 3. The molecule has 0 N–H and O–H groups in total. The van der Waals surface area contributed by atoms with Crippen molar-refractivity contribution in [1.82, 2.24) is 15.0 Å². The van der Waals surface area contributed by atoms with Crippen LogP contribution in [0.2, 0.25) is 0 Å². The fraction of sp³-hybridized carbons (Fsp3) is 0. The van der Waals surface area contributed by atoms with Gasteiger partial charge in [-0.25, -0.2) is 15.0 Å². The Morgan fingerprint density at radius 3 is 1.35 bits per heavy atom. The SMILES string of the molecule is c1ccc(-c2nc(-c3ccccc3)nc(-c3ccc(-c4cccc(-c5cc6c7c(cccc7c5)-c5ccccc5-6)c4)cc3)n2)cc1. The summed E-state index contributed by atoms with van der Waals surface area (Å²) in [7, 11) is 0. The van der Waals surface area contributed by atoms with Gasteiger partial charge in [0, 0.05) is 16.7 Å². The third-order valence-electron chi connectivity index (χ3n) is 8.86. The first kappa shape index (κ1) is 26.2. The normalized spacial score (nSPS) is 11.5. The van der Waals surface area contributed by atoms with Crippen molar-refractivity contribution in [3.8, 4) is 78.7 Å². The molecule has 0 amide bonds. The molecule has 1 aromatic heterocycles. The number of benzene rings is 7. The summed E-state index contributed by atoms with van der Waals surface area (Å²) in [5, 5.41) is 2.63. The summed E-state index contributed by atoms with van der Waals surface area (Å²) in [6.45, 7) is 0. The quantitative estimate of drug-likeness (QED) is 0.202. The zero-order valence-electron chi connectivity index (χ0n) is 24.9. The summed E-state index contributed by atoms with van der Waals surface area (Å²) in [5.41, 5.74) is 12.9. The number of hydrogen-bond acceptors (Lipinski definition) is 3. The fourth-order valence-electron chi connectivity index (χ4n) is 6.61. The summed E-state index contributed by atoms with van der Waals surface area (Å²) < 4.78 is 0. The molecule has 0 aliphatic heterocycles. The zero-order chi connectivity index (χ0) is 30.5. The van der Waals surface area contributed by atoms with Gasteiger partial charge in [-0.3, -0.25) is 0 Å². The average molecular weight is 586 g/mol. The van der Waals surface area contributed by atoms with Gasteiger partial charge in [-0.2, -0.15) is 0 Å². The lowest BCUT2D eigenvalue weighted by Gasteiger charge is -2.11. The Balaban J connectivity index is 1.09. The van der Waals surface area contributed by atoms with E-state index >= 15 is 0 Å². The molecule has 7 aromatic carbocycles. The molecule has 1 aliphatic rings. The minimum Gasteiger partial charge on any atom is -0.208 e. The van der Waals surface area contributed by atoms with Crippen molar-refractivity contribution in [1.29, 1.82) is 0 Å². The zero-order valence-corrected chi connectivity index (χ0v) is 24.9. The van der Waals surface area contributed by atoms with Crippen molar-refractivity contribution in [2.24, 2.45) is 0 Å². The Hall–Kier alpha value is -6.19. The second-order valence-corrected chi connectivity index (χ2v) is 11.7. The van der Waals surface area contributed by atoms with Crippen molar-refractivity contribution in [2.45, 2.75) is 0 Å². The van der Waals surface area contributed by atoms with Crippen LogP contribution in [-0.2, 0) is 0 Å². The first-order chi connectivity index (χ1) is 22.8. The van der Waals surface area contributed by atoms with E-state index in [1.807, 2.05) is 60.7 Å². The molecule has 214 valence electrons. The Morgan fingerprint density at radius 1 is 0.261 bits per heavy atom. The van der Waals surface area contributed by atoms with Gasteiger partial charge in [0.05, 0.1) is 0 Å². The highest BCUT2D eigenvalue weighted by Crippen LogP contribution is 2.48. The number of rotatable bonds is 5. The lowest BCUT2D eigenvalue weighted by Crippen LogP contribution is -2.00. The van der Waals surface area contributed by atoms with Gasteiger partial charge in [0.1, 0.15) is 0 Å². The van der Waals surface area contributed by atoms with Gasteiger partial charge in [-0.05, 0) is 73.5 Å². The molecule has 0 spiro atoms. The largest absolute Gasteiger partial charge is 0.208 e. The highest BCUT2D eigenvalue weighted by atomic mass is 15.0. The summed E-state index contributed by atoms with van der Waals surface area (Å²) in [4.78, 5) is 14.6. The van der Waals surface area contributed by atoms with Crippen LogP contribution in [0.4, 0.5) is 0 Å². The molecule has 9 rings (SSSR count). The van der Waals surface area contributed by atoms with E-state index in [4.69, 9.17) is 15.0 Å². The maximum absolute atomic E-state index is 4.89. The third kappa shape index (κ3) is 4.49. The second kappa shape index (κ2) is 10.8. The van der Waals surface area contributed by atoms with Crippen LogP contribution in [0.5, 0.6) is 0 Å². The van der Waals surface area contributed by atoms with Crippen LogP contribution in [0.1, 0.15) is 0 Å². The molecule has 0 bridgehead atoms. The van der Waals surface area contributed by atoms with E-state index in [1.54, 1.807) is 0 Å². The number of hydrogen-bond donors (Lipinski definition) is 0. The van der Waals surface area contributed by atoms with Crippen LogP contribution in [0.25, 0.3) is 89.4 Å². The molecule has 1 heterocycles. The van der Waals surface area contributed by atoms with E-state index in [0.717, 1.165) is 22.3 Å². The van der Waals surface area contributed by atoms with Crippen LogP contribution < -0.4 is 0 Å². The van der Waals surface area contributed by atoms with Gasteiger partial charge < -0.3 is 0 Å². The minimum absolute atomic E-state index is 0.655. The molecule has 0 unspecified atom stereocenters.